The van der Waals surface area contributed by atoms with E-state index in [0.717, 1.165) is 11.3 Å². The third-order valence-corrected chi connectivity index (χ3v) is 6.84. The van der Waals surface area contributed by atoms with Gasteiger partial charge in [0.1, 0.15) is 5.60 Å². The van der Waals surface area contributed by atoms with Crippen molar-refractivity contribution in [1.29, 1.82) is 0 Å². The van der Waals surface area contributed by atoms with Crippen molar-refractivity contribution in [3.8, 4) is 11.3 Å². The molecule has 0 fully saturated rings. The summed E-state index contributed by atoms with van der Waals surface area (Å²) >= 11 is 1.36. The van der Waals surface area contributed by atoms with Crippen LogP contribution in [0.2, 0.25) is 0 Å². The predicted octanol–water partition coefficient (Wildman–Crippen LogP) is 7.48. The Kier molecular flexibility index (Phi) is 8.96. The van der Waals surface area contributed by atoms with Gasteiger partial charge in [-0.15, -0.1) is 11.3 Å². The van der Waals surface area contributed by atoms with Crippen molar-refractivity contribution < 1.29 is 19.1 Å². The summed E-state index contributed by atoms with van der Waals surface area (Å²) in [6.45, 7) is 5.30. The van der Waals surface area contributed by atoms with Crippen LogP contribution in [0.4, 0.5) is 27.0 Å². The fraction of sp³-hybridized carbons (Fsp3) is 0.121. The highest BCUT2D eigenvalue weighted by molar-refractivity contribution is 7.14. The Bertz CT molecular complexity index is 1750. The van der Waals surface area contributed by atoms with Gasteiger partial charge >= 0.3 is 6.09 Å². The van der Waals surface area contributed by atoms with Crippen molar-refractivity contribution in [3.63, 3.8) is 0 Å². The zero-order valence-electron chi connectivity index (χ0n) is 24.3. The van der Waals surface area contributed by atoms with Crippen LogP contribution in [0.1, 0.15) is 41.5 Å². The number of pyridine rings is 1. The van der Waals surface area contributed by atoms with Crippen LogP contribution in [-0.2, 0) is 4.74 Å². The maximum atomic E-state index is 13.7. The van der Waals surface area contributed by atoms with Crippen molar-refractivity contribution in [2.24, 2.45) is 0 Å². The molecule has 0 atom stereocenters. The van der Waals surface area contributed by atoms with Crippen LogP contribution in [0.3, 0.4) is 0 Å². The first-order valence-corrected chi connectivity index (χ1v) is 14.6. The lowest BCUT2D eigenvalue weighted by Crippen LogP contribution is -2.36. The zero-order valence-corrected chi connectivity index (χ0v) is 25.1. The van der Waals surface area contributed by atoms with E-state index in [4.69, 9.17) is 4.74 Å². The Morgan fingerprint density at radius 3 is 2.11 bits per heavy atom. The van der Waals surface area contributed by atoms with E-state index < -0.39 is 17.6 Å². The van der Waals surface area contributed by atoms with Gasteiger partial charge in [0.15, 0.2) is 0 Å². The summed E-state index contributed by atoms with van der Waals surface area (Å²) in [6, 6.07) is 26.0. The number of hydrogen-bond donors (Lipinski definition) is 3. The topological polar surface area (TPSA) is 126 Å². The van der Waals surface area contributed by atoms with Gasteiger partial charge in [-0.3, -0.25) is 25.3 Å². The third-order valence-electron chi connectivity index (χ3n) is 6.09. The van der Waals surface area contributed by atoms with Crippen molar-refractivity contribution in [1.82, 2.24) is 9.97 Å². The predicted molar refractivity (Wildman–Crippen MR) is 173 cm³/mol. The minimum atomic E-state index is -0.670. The standard InChI is InChI=1S/C33H30N6O4S/c1-33(2,3)43-32(42)37-27-14-8-7-13-26(27)35-29(40)22-15-17-23(18-16-22)30(41)39(25-11-5-4-6-12-25)38-31-36-28(21-44-31)24-10-9-19-34-20-24/h4-21H,1-3H3,(H,35,40)(H,36,38)(H,37,42). The molecule has 0 saturated heterocycles. The number of amides is 3. The van der Waals surface area contributed by atoms with Crippen LogP contribution in [0.25, 0.3) is 11.3 Å². The summed E-state index contributed by atoms with van der Waals surface area (Å²) in [7, 11) is 0. The number of para-hydroxylation sites is 3. The van der Waals surface area contributed by atoms with Crippen LogP contribution in [-0.4, -0.2) is 33.5 Å². The second-order valence-corrected chi connectivity index (χ2v) is 11.4. The number of hydrazine groups is 1. The van der Waals surface area contributed by atoms with E-state index in [-0.39, 0.29) is 5.91 Å². The van der Waals surface area contributed by atoms with E-state index in [1.165, 1.54) is 16.3 Å². The highest BCUT2D eigenvalue weighted by atomic mass is 32.1. The quantitative estimate of drug-likeness (QED) is 0.156. The maximum absolute atomic E-state index is 13.7. The zero-order chi connectivity index (χ0) is 31.1. The Morgan fingerprint density at radius 2 is 1.45 bits per heavy atom. The average Bonchev–Trinajstić information content (AvgIpc) is 3.49. The fourth-order valence-corrected chi connectivity index (χ4v) is 4.79. The fourth-order valence-electron chi connectivity index (χ4n) is 4.08. The molecular weight excluding hydrogens is 576 g/mol. The van der Waals surface area contributed by atoms with Crippen LogP contribution in [0, 0.1) is 0 Å². The van der Waals surface area contributed by atoms with Crippen molar-refractivity contribution in [2.75, 3.05) is 21.1 Å². The highest BCUT2D eigenvalue weighted by Crippen LogP contribution is 2.27. The number of carbonyl (C=O) groups is 3. The number of benzene rings is 3. The molecule has 0 unspecified atom stereocenters. The number of ether oxygens (including phenoxy) is 1. The largest absolute Gasteiger partial charge is 0.444 e. The summed E-state index contributed by atoms with van der Waals surface area (Å²) in [5.74, 6) is -0.751. The second kappa shape index (κ2) is 13.2. The Labute approximate surface area is 258 Å². The second-order valence-electron chi connectivity index (χ2n) is 10.6. The third kappa shape index (κ3) is 7.64. The minimum Gasteiger partial charge on any atom is -0.444 e. The molecular formula is C33H30N6O4S. The molecule has 3 amide bonds. The van der Waals surface area contributed by atoms with Gasteiger partial charge in [0, 0.05) is 34.5 Å². The maximum Gasteiger partial charge on any atom is 0.412 e. The number of carbonyl (C=O) groups excluding carboxylic acids is 3. The molecule has 0 aliphatic rings. The average molecular weight is 607 g/mol. The molecule has 2 heterocycles. The Hall–Kier alpha value is -5.55. The number of rotatable bonds is 8. The molecule has 10 nitrogen and oxygen atoms in total. The van der Waals surface area contributed by atoms with Crippen molar-refractivity contribution in [3.05, 3.63) is 120 Å². The lowest BCUT2D eigenvalue weighted by molar-refractivity contribution is 0.0635. The van der Waals surface area contributed by atoms with Crippen LogP contribution in [0.15, 0.2) is 109 Å². The molecule has 0 aliphatic carbocycles. The number of nitrogens with one attached hydrogen (secondary N) is 3. The molecule has 2 aromatic heterocycles. The molecule has 11 heteroatoms. The number of anilines is 4. The van der Waals surface area contributed by atoms with E-state index >= 15 is 0 Å². The summed E-state index contributed by atoms with van der Waals surface area (Å²) < 4.78 is 5.32. The van der Waals surface area contributed by atoms with E-state index in [1.54, 1.807) is 81.7 Å². The normalized spacial score (nSPS) is 10.9. The minimum absolute atomic E-state index is 0.328. The van der Waals surface area contributed by atoms with Gasteiger partial charge in [-0.2, -0.15) is 0 Å². The van der Waals surface area contributed by atoms with Crippen molar-refractivity contribution >= 4 is 51.4 Å². The molecule has 3 aromatic carbocycles. The lowest BCUT2D eigenvalue weighted by Gasteiger charge is -2.23. The number of aromatic nitrogens is 2. The van der Waals surface area contributed by atoms with Gasteiger partial charge in [0.2, 0.25) is 5.13 Å². The molecule has 0 spiro atoms. The SMILES string of the molecule is CC(C)(C)OC(=O)Nc1ccccc1NC(=O)c1ccc(C(=O)N(Nc2nc(-c3cccnc3)cs2)c2ccccc2)cc1. The highest BCUT2D eigenvalue weighted by Gasteiger charge is 2.21. The molecule has 0 bridgehead atoms. The number of hydrogen-bond acceptors (Lipinski definition) is 8. The smallest absolute Gasteiger partial charge is 0.412 e. The van der Waals surface area contributed by atoms with Gasteiger partial charge < -0.3 is 10.1 Å². The van der Waals surface area contributed by atoms with Crippen LogP contribution >= 0.6 is 11.3 Å². The summed E-state index contributed by atoms with van der Waals surface area (Å²) in [6.07, 6.45) is 2.79. The molecule has 0 saturated carbocycles. The van der Waals surface area contributed by atoms with E-state index in [9.17, 15) is 14.4 Å². The molecule has 5 aromatic rings. The molecule has 44 heavy (non-hydrogen) atoms. The van der Waals surface area contributed by atoms with E-state index in [1.807, 2.05) is 47.8 Å². The molecule has 0 radical (unpaired) electrons. The number of nitrogens with zero attached hydrogens (tertiary/aromatic N) is 3. The van der Waals surface area contributed by atoms with Gasteiger partial charge in [0.25, 0.3) is 11.8 Å². The molecule has 3 N–H and O–H groups in total. The van der Waals surface area contributed by atoms with Gasteiger partial charge in [-0.25, -0.2) is 14.8 Å². The Morgan fingerprint density at radius 1 is 0.795 bits per heavy atom. The number of thiazole rings is 1. The first-order chi connectivity index (χ1) is 21.2. The monoisotopic (exact) mass is 606 g/mol. The summed E-state index contributed by atoms with van der Waals surface area (Å²) in [5, 5.41) is 9.31. The van der Waals surface area contributed by atoms with Crippen LogP contribution in [0.5, 0.6) is 0 Å². The summed E-state index contributed by atoms with van der Waals surface area (Å²) in [5.41, 5.74) is 6.16. The summed E-state index contributed by atoms with van der Waals surface area (Å²) in [4.78, 5) is 47.9. The lowest BCUT2D eigenvalue weighted by atomic mass is 10.1. The van der Waals surface area contributed by atoms with Gasteiger partial charge in [0.05, 0.1) is 22.8 Å². The first kappa shape index (κ1) is 29.9. The van der Waals surface area contributed by atoms with Crippen molar-refractivity contribution in [2.45, 2.75) is 26.4 Å². The first-order valence-electron chi connectivity index (χ1n) is 13.7. The molecule has 5 rings (SSSR count). The molecule has 0 aliphatic heterocycles. The van der Waals surface area contributed by atoms with Gasteiger partial charge in [-0.1, -0.05) is 30.3 Å². The van der Waals surface area contributed by atoms with E-state index in [0.29, 0.717) is 33.3 Å². The van der Waals surface area contributed by atoms with Crippen LogP contribution < -0.4 is 21.1 Å². The van der Waals surface area contributed by atoms with E-state index in [2.05, 4.69) is 26.0 Å². The Balaban J connectivity index is 1.31. The van der Waals surface area contributed by atoms with Gasteiger partial charge in [-0.05, 0) is 81.4 Å². The molecule has 222 valence electrons.